The van der Waals surface area contributed by atoms with Gasteiger partial charge in [-0.15, -0.1) is 0 Å². The van der Waals surface area contributed by atoms with E-state index in [4.69, 9.17) is 5.26 Å². The third-order valence-corrected chi connectivity index (χ3v) is 2.52. The van der Waals surface area contributed by atoms with Gasteiger partial charge in [0.05, 0.1) is 6.07 Å². The van der Waals surface area contributed by atoms with E-state index < -0.39 is 0 Å². The first-order valence-electron chi connectivity index (χ1n) is 4.22. The Labute approximate surface area is 88.9 Å². The quantitative estimate of drug-likeness (QED) is 0.600. The molecule has 0 amide bonds. The lowest BCUT2D eigenvalue weighted by atomic mass is 10.2. The summed E-state index contributed by atoms with van der Waals surface area (Å²) in [5, 5.41) is 8.25. The Hall–Kier alpha value is -0.160. The molecule has 0 saturated carbocycles. The van der Waals surface area contributed by atoms with Crippen molar-refractivity contribution in [3.05, 3.63) is 0 Å². The predicted molar refractivity (Wildman–Crippen MR) is 65.1 cm³/mol. The van der Waals surface area contributed by atoms with E-state index in [1.165, 1.54) is 12.2 Å². The molecule has 0 saturated heterocycles. The van der Waals surface area contributed by atoms with Gasteiger partial charge in [-0.25, -0.2) is 0 Å². The summed E-state index contributed by atoms with van der Waals surface area (Å²) in [5.74, 6) is 3.22. The van der Waals surface area contributed by atoms with Crippen molar-refractivity contribution in [3.8, 4) is 6.07 Å². The highest BCUT2D eigenvalue weighted by Gasteiger charge is 1.93. The van der Waals surface area contributed by atoms with E-state index >= 15 is 0 Å². The monoisotopic (exact) mass is 203 g/mol. The summed E-state index contributed by atoms with van der Waals surface area (Å²) >= 11 is 1.97. The Balaban J connectivity index is -0.000000500. The molecule has 0 aliphatic rings. The molecule has 0 radical (unpaired) electrons. The lowest BCUT2D eigenvalue weighted by molar-refractivity contribution is 0.632. The molecule has 0 aromatic rings. The Morgan fingerprint density at radius 3 is 2.31 bits per heavy atom. The molecule has 1 nitrogen and oxygen atoms in total. The summed E-state index contributed by atoms with van der Waals surface area (Å²) in [6.07, 6.45) is 3.07. The summed E-state index contributed by atoms with van der Waals surface area (Å²) in [7, 11) is 0. The summed E-state index contributed by atoms with van der Waals surface area (Å²) in [5.41, 5.74) is 0. The van der Waals surface area contributed by atoms with Gasteiger partial charge < -0.3 is 0 Å². The van der Waals surface area contributed by atoms with Gasteiger partial charge in [0, 0.05) is 6.42 Å². The average Bonchev–Trinajstić information content (AvgIpc) is 1.96. The van der Waals surface area contributed by atoms with Crippen LogP contribution in [0.1, 0.15) is 48.0 Å². The van der Waals surface area contributed by atoms with Gasteiger partial charge in [-0.2, -0.15) is 17.0 Å². The van der Waals surface area contributed by atoms with Gasteiger partial charge in [-0.05, 0) is 30.3 Å². The number of nitrogens with zero attached hydrogens (tertiary/aromatic N) is 1. The maximum atomic E-state index is 8.25. The Kier molecular flexibility index (Phi) is 20.5. The van der Waals surface area contributed by atoms with Crippen LogP contribution in [0.3, 0.4) is 0 Å². The fourth-order valence-corrected chi connectivity index (χ4v) is 1.87. The maximum absolute atomic E-state index is 8.25. The number of nitriles is 1. The third-order valence-electron chi connectivity index (χ3n) is 1.42. The van der Waals surface area contributed by atoms with E-state index in [-0.39, 0.29) is 14.9 Å². The maximum Gasteiger partial charge on any atom is 0.0622 e. The number of hydrogen-bond acceptors (Lipinski definition) is 2. The highest BCUT2D eigenvalue weighted by Crippen LogP contribution is 2.10. The van der Waals surface area contributed by atoms with Gasteiger partial charge in [-0.1, -0.05) is 28.7 Å². The number of hydrogen-bond donors (Lipinski definition) is 0. The second-order valence-electron chi connectivity index (χ2n) is 3.06. The van der Waals surface area contributed by atoms with E-state index in [1.54, 1.807) is 0 Å². The predicted octanol–water partition coefficient (Wildman–Crippen LogP) is 4.34. The zero-order valence-electron chi connectivity index (χ0n) is 7.47. The minimum absolute atomic E-state index is 0. The van der Waals surface area contributed by atoms with Gasteiger partial charge in [0.2, 0.25) is 0 Å². The lowest BCUT2D eigenvalue weighted by Crippen LogP contribution is -1.90. The summed E-state index contributed by atoms with van der Waals surface area (Å²) in [4.78, 5) is 0. The highest BCUT2D eigenvalue weighted by atomic mass is 32.2. The van der Waals surface area contributed by atoms with Crippen LogP contribution in [0.15, 0.2) is 0 Å². The van der Waals surface area contributed by atoms with Gasteiger partial charge in [0.15, 0.2) is 0 Å². The van der Waals surface area contributed by atoms with Crippen LogP contribution < -0.4 is 0 Å². The summed E-state index contributed by atoms with van der Waals surface area (Å²) < 4.78 is 0. The zero-order valence-corrected chi connectivity index (χ0v) is 8.28. The van der Waals surface area contributed by atoms with Crippen molar-refractivity contribution in [3.63, 3.8) is 0 Å². The molecule has 0 aliphatic heterocycles. The summed E-state index contributed by atoms with van der Waals surface area (Å²) in [6, 6.07) is 2.15. The first kappa shape index (κ1) is 18.6. The van der Waals surface area contributed by atoms with Crippen molar-refractivity contribution < 1.29 is 0 Å². The van der Waals surface area contributed by atoms with Crippen LogP contribution in [0, 0.1) is 17.2 Å². The molecule has 0 bridgehead atoms. The number of thioether (sulfide) groups is 1. The largest absolute Gasteiger partial charge is 0.198 e. The Morgan fingerprint density at radius 2 is 1.85 bits per heavy atom. The topological polar surface area (TPSA) is 23.8 Å². The van der Waals surface area contributed by atoms with Crippen molar-refractivity contribution in [2.24, 2.45) is 5.92 Å². The van der Waals surface area contributed by atoms with Crippen molar-refractivity contribution in [1.29, 1.82) is 5.26 Å². The van der Waals surface area contributed by atoms with Crippen LogP contribution in [0.4, 0.5) is 0 Å². The molecule has 0 atom stereocenters. The molecule has 0 spiro atoms. The van der Waals surface area contributed by atoms with Gasteiger partial charge in [-0.3, -0.25) is 0 Å². The SMILES string of the molecule is C.C.CC(C)CCSCCCC#N. The highest BCUT2D eigenvalue weighted by molar-refractivity contribution is 7.99. The van der Waals surface area contributed by atoms with E-state index in [2.05, 4.69) is 19.9 Å². The number of rotatable bonds is 6. The van der Waals surface area contributed by atoms with E-state index in [0.717, 1.165) is 18.1 Å². The molecule has 0 aliphatic carbocycles. The van der Waals surface area contributed by atoms with Gasteiger partial charge in [0.1, 0.15) is 0 Å². The summed E-state index contributed by atoms with van der Waals surface area (Å²) in [6.45, 7) is 4.49. The molecule has 0 aromatic heterocycles. The van der Waals surface area contributed by atoms with Crippen molar-refractivity contribution in [1.82, 2.24) is 0 Å². The molecule has 0 unspecified atom stereocenters. The molecule has 80 valence electrons. The van der Waals surface area contributed by atoms with Gasteiger partial charge >= 0.3 is 0 Å². The smallest absolute Gasteiger partial charge is 0.0622 e. The molecule has 0 fully saturated rings. The normalized spacial score (nSPS) is 8.46. The third kappa shape index (κ3) is 18.7. The molecule has 0 heterocycles. The molecular weight excluding hydrogens is 178 g/mol. The van der Waals surface area contributed by atoms with Gasteiger partial charge in [0.25, 0.3) is 0 Å². The van der Waals surface area contributed by atoms with Crippen LogP contribution in [0.5, 0.6) is 0 Å². The zero-order chi connectivity index (χ0) is 8.53. The van der Waals surface area contributed by atoms with Crippen LogP contribution in [-0.4, -0.2) is 11.5 Å². The Morgan fingerprint density at radius 1 is 1.23 bits per heavy atom. The standard InChI is InChI=1S/C9H17NS.2CH4/c1-9(2)5-8-11-7-4-3-6-10;;/h9H,3-5,7-8H2,1-2H3;2*1H4. The second-order valence-corrected chi connectivity index (χ2v) is 4.28. The fourth-order valence-electron chi connectivity index (χ4n) is 0.674. The Bertz CT molecular complexity index is 116. The van der Waals surface area contributed by atoms with Crippen molar-refractivity contribution >= 4 is 11.8 Å². The molecule has 13 heavy (non-hydrogen) atoms. The minimum atomic E-state index is 0. The fraction of sp³-hybridized carbons (Fsp3) is 0.909. The van der Waals surface area contributed by atoms with Crippen molar-refractivity contribution in [2.75, 3.05) is 11.5 Å². The van der Waals surface area contributed by atoms with Crippen LogP contribution in [0.2, 0.25) is 0 Å². The molecule has 0 aromatic carbocycles. The minimum Gasteiger partial charge on any atom is -0.198 e. The lowest BCUT2D eigenvalue weighted by Gasteiger charge is -2.02. The number of unbranched alkanes of at least 4 members (excludes halogenated alkanes) is 1. The molecule has 0 rings (SSSR count). The van der Waals surface area contributed by atoms with E-state index in [9.17, 15) is 0 Å². The average molecular weight is 203 g/mol. The first-order valence-corrected chi connectivity index (χ1v) is 5.37. The first-order chi connectivity index (χ1) is 5.27. The second kappa shape index (κ2) is 14.4. The molecule has 0 N–H and O–H groups in total. The van der Waals surface area contributed by atoms with E-state index in [1.807, 2.05) is 11.8 Å². The van der Waals surface area contributed by atoms with Crippen molar-refractivity contribution in [2.45, 2.75) is 48.0 Å². The van der Waals surface area contributed by atoms with Crippen LogP contribution >= 0.6 is 11.8 Å². The van der Waals surface area contributed by atoms with Crippen LogP contribution in [0.25, 0.3) is 0 Å². The molecule has 2 heteroatoms. The van der Waals surface area contributed by atoms with E-state index in [0.29, 0.717) is 6.42 Å². The van der Waals surface area contributed by atoms with Crippen LogP contribution in [-0.2, 0) is 0 Å². The molecular formula is C11H25NS.